The summed E-state index contributed by atoms with van der Waals surface area (Å²) in [6.07, 6.45) is 2.93. The lowest BCUT2D eigenvalue weighted by atomic mass is 9.89. The molecule has 0 fully saturated rings. The van der Waals surface area contributed by atoms with E-state index in [2.05, 4.69) is 30.1 Å². The van der Waals surface area contributed by atoms with Crippen molar-refractivity contribution >= 4 is 5.91 Å². The molecule has 1 aromatic rings. The zero-order valence-electron chi connectivity index (χ0n) is 11.5. The van der Waals surface area contributed by atoms with Crippen LogP contribution in [0.15, 0.2) is 40.2 Å². The van der Waals surface area contributed by atoms with Crippen molar-refractivity contribution in [1.29, 1.82) is 0 Å². The predicted molar refractivity (Wildman–Crippen MR) is 73.3 cm³/mol. The van der Waals surface area contributed by atoms with Crippen molar-refractivity contribution in [2.24, 2.45) is 10.2 Å². The van der Waals surface area contributed by atoms with Gasteiger partial charge < -0.3 is 4.74 Å². The van der Waals surface area contributed by atoms with E-state index in [-0.39, 0.29) is 5.91 Å². The van der Waals surface area contributed by atoms with E-state index in [0.29, 0.717) is 12.3 Å². The molecule has 1 aliphatic rings. The Bertz CT molecular complexity index is 547. The molecule has 1 unspecified atom stereocenters. The molecule has 0 aromatic heterocycles. The van der Waals surface area contributed by atoms with Crippen molar-refractivity contribution in [3.05, 3.63) is 41.1 Å². The first-order chi connectivity index (χ1) is 9.10. The summed E-state index contributed by atoms with van der Waals surface area (Å²) in [6.45, 7) is 4.24. The largest absolute Gasteiger partial charge is 0.497 e. The minimum Gasteiger partial charge on any atom is -0.497 e. The van der Waals surface area contributed by atoms with E-state index in [1.807, 2.05) is 12.1 Å². The lowest BCUT2D eigenvalue weighted by molar-refractivity contribution is -0.117. The van der Waals surface area contributed by atoms with E-state index in [1.54, 1.807) is 13.3 Å². The highest BCUT2D eigenvalue weighted by atomic mass is 16.5. The molecule has 1 amide bonds. The molecule has 0 N–H and O–H groups in total. The smallest absolute Gasteiger partial charge is 0.268 e. The minimum atomic E-state index is -0.156. The maximum absolute atomic E-state index is 11.2. The summed E-state index contributed by atoms with van der Waals surface area (Å²) in [5, 5.41) is 7.22. The number of azo groups is 1. The highest BCUT2D eigenvalue weighted by Crippen LogP contribution is 2.30. The Kier molecular flexibility index (Phi) is 4.10. The third-order valence-corrected chi connectivity index (χ3v) is 3.36. The van der Waals surface area contributed by atoms with Crippen LogP contribution in [0.25, 0.3) is 0 Å². The second-order valence-corrected chi connectivity index (χ2v) is 4.90. The molecule has 0 saturated carbocycles. The molecule has 0 saturated heterocycles. The van der Waals surface area contributed by atoms with Crippen molar-refractivity contribution in [3.8, 4) is 5.75 Å². The first kappa shape index (κ1) is 13.5. The average Bonchev–Trinajstić information content (AvgIpc) is 2.38. The third-order valence-electron chi connectivity index (χ3n) is 3.36. The lowest BCUT2D eigenvalue weighted by Crippen LogP contribution is -2.04. The summed E-state index contributed by atoms with van der Waals surface area (Å²) >= 11 is 0. The number of methoxy groups -OCH3 is 1. The van der Waals surface area contributed by atoms with E-state index in [0.717, 1.165) is 17.7 Å². The average molecular weight is 258 g/mol. The number of hydrogen-bond acceptors (Lipinski definition) is 3. The molecule has 4 heteroatoms. The van der Waals surface area contributed by atoms with Crippen LogP contribution >= 0.6 is 0 Å². The van der Waals surface area contributed by atoms with Gasteiger partial charge in [-0.3, -0.25) is 4.79 Å². The first-order valence-electron chi connectivity index (χ1n) is 6.36. The molecule has 0 spiro atoms. The molecular formula is C15H18N2O2. The number of hydrogen-bond donors (Lipinski definition) is 0. The molecule has 4 nitrogen and oxygen atoms in total. The van der Waals surface area contributed by atoms with Crippen molar-refractivity contribution in [3.63, 3.8) is 0 Å². The standard InChI is InChI=1S/C15H18N2O2/c1-10(6-12-8-15(18)17-16-9-12)14-5-4-13(19-3)7-11(14)2/h4-5,7,9-10H,6,8H2,1-3H3. The Morgan fingerprint density at radius 2 is 2.21 bits per heavy atom. The van der Waals surface area contributed by atoms with Crippen molar-refractivity contribution < 1.29 is 9.53 Å². The Morgan fingerprint density at radius 1 is 1.42 bits per heavy atom. The Morgan fingerprint density at radius 3 is 2.84 bits per heavy atom. The third kappa shape index (κ3) is 3.28. The van der Waals surface area contributed by atoms with Crippen LogP contribution in [0.5, 0.6) is 5.75 Å². The topological polar surface area (TPSA) is 51.0 Å². The van der Waals surface area contributed by atoms with Gasteiger partial charge in [0.2, 0.25) is 0 Å². The maximum Gasteiger partial charge on any atom is 0.268 e. The van der Waals surface area contributed by atoms with Crippen molar-refractivity contribution in [1.82, 2.24) is 0 Å². The number of amides is 1. The molecule has 100 valence electrons. The summed E-state index contributed by atoms with van der Waals surface area (Å²) in [6, 6.07) is 6.09. The number of benzene rings is 1. The monoisotopic (exact) mass is 258 g/mol. The Labute approximate surface area is 113 Å². The van der Waals surface area contributed by atoms with Crippen LogP contribution in [0.2, 0.25) is 0 Å². The Hall–Kier alpha value is -1.97. The SMILES string of the molecule is COc1ccc(C(C)CC2=CN=NC(=O)C2)c(C)c1. The second-order valence-electron chi connectivity index (χ2n) is 4.90. The van der Waals surface area contributed by atoms with Gasteiger partial charge in [-0.1, -0.05) is 13.0 Å². The van der Waals surface area contributed by atoms with Gasteiger partial charge in [-0.15, -0.1) is 5.11 Å². The van der Waals surface area contributed by atoms with Crippen LogP contribution in [0.1, 0.15) is 36.8 Å². The zero-order valence-corrected chi connectivity index (χ0v) is 11.5. The van der Waals surface area contributed by atoms with Crippen LogP contribution in [-0.4, -0.2) is 13.0 Å². The van der Waals surface area contributed by atoms with Gasteiger partial charge in [0.25, 0.3) is 5.91 Å². The summed E-state index contributed by atoms with van der Waals surface area (Å²) in [7, 11) is 1.67. The van der Waals surface area contributed by atoms with E-state index in [9.17, 15) is 4.79 Å². The molecule has 2 rings (SSSR count). The van der Waals surface area contributed by atoms with E-state index < -0.39 is 0 Å². The van der Waals surface area contributed by atoms with Gasteiger partial charge in [0, 0.05) is 6.20 Å². The quantitative estimate of drug-likeness (QED) is 0.825. The number of carbonyl (C=O) groups excluding carboxylic acids is 1. The maximum atomic E-state index is 11.2. The first-order valence-corrected chi connectivity index (χ1v) is 6.36. The van der Waals surface area contributed by atoms with Crippen LogP contribution < -0.4 is 4.74 Å². The Balaban J connectivity index is 2.12. The van der Waals surface area contributed by atoms with Crippen molar-refractivity contribution in [2.45, 2.75) is 32.6 Å². The van der Waals surface area contributed by atoms with Crippen LogP contribution in [0, 0.1) is 6.92 Å². The normalized spacial score (nSPS) is 16.2. The molecule has 1 aliphatic heterocycles. The molecule has 1 atom stereocenters. The van der Waals surface area contributed by atoms with Gasteiger partial charge in [-0.25, -0.2) is 0 Å². The van der Waals surface area contributed by atoms with Gasteiger partial charge >= 0.3 is 0 Å². The molecular weight excluding hydrogens is 240 g/mol. The number of rotatable bonds is 4. The van der Waals surface area contributed by atoms with Crippen LogP contribution in [0.3, 0.4) is 0 Å². The summed E-state index contributed by atoms with van der Waals surface area (Å²) < 4.78 is 5.21. The van der Waals surface area contributed by atoms with Crippen LogP contribution in [-0.2, 0) is 4.79 Å². The van der Waals surface area contributed by atoms with Gasteiger partial charge in [0.05, 0.1) is 13.5 Å². The highest BCUT2D eigenvalue weighted by Gasteiger charge is 2.15. The zero-order chi connectivity index (χ0) is 13.8. The molecule has 1 heterocycles. The fourth-order valence-corrected chi connectivity index (χ4v) is 2.41. The minimum absolute atomic E-state index is 0.156. The van der Waals surface area contributed by atoms with E-state index in [4.69, 9.17) is 4.74 Å². The van der Waals surface area contributed by atoms with Gasteiger partial charge in [0.1, 0.15) is 5.75 Å². The molecule has 0 bridgehead atoms. The number of carbonyl (C=O) groups is 1. The number of nitrogens with zero attached hydrogens (tertiary/aromatic N) is 2. The highest BCUT2D eigenvalue weighted by molar-refractivity contribution is 5.79. The summed E-state index contributed by atoms with van der Waals surface area (Å²) in [5.74, 6) is 1.06. The van der Waals surface area contributed by atoms with Crippen LogP contribution in [0.4, 0.5) is 0 Å². The predicted octanol–water partition coefficient (Wildman–Crippen LogP) is 3.76. The fourth-order valence-electron chi connectivity index (χ4n) is 2.41. The number of aryl methyl sites for hydroxylation is 1. The fraction of sp³-hybridized carbons (Fsp3) is 0.400. The molecule has 19 heavy (non-hydrogen) atoms. The second kappa shape index (κ2) is 5.78. The number of ether oxygens (including phenoxy) is 1. The van der Waals surface area contributed by atoms with Gasteiger partial charge in [0.15, 0.2) is 0 Å². The van der Waals surface area contributed by atoms with Gasteiger partial charge in [-0.2, -0.15) is 5.11 Å². The molecule has 0 aliphatic carbocycles. The van der Waals surface area contributed by atoms with E-state index in [1.165, 1.54) is 11.1 Å². The van der Waals surface area contributed by atoms with E-state index >= 15 is 0 Å². The summed E-state index contributed by atoms with van der Waals surface area (Å²) in [5.41, 5.74) is 3.52. The summed E-state index contributed by atoms with van der Waals surface area (Å²) in [4.78, 5) is 11.2. The van der Waals surface area contributed by atoms with Gasteiger partial charge in [-0.05, 0) is 48.1 Å². The molecule has 1 aromatic carbocycles. The van der Waals surface area contributed by atoms with Crippen molar-refractivity contribution in [2.75, 3.05) is 7.11 Å². The molecule has 0 radical (unpaired) electrons. The lowest BCUT2D eigenvalue weighted by Gasteiger charge is -2.17.